The number of allylic oxidation sites excluding steroid dienone is 2. The van der Waals surface area contributed by atoms with Crippen LogP contribution in [0.1, 0.15) is 36.3 Å². The minimum absolute atomic E-state index is 0.0763. The number of fused-ring (bicyclic) bond motifs is 5. The summed E-state index contributed by atoms with van der Waals surface area (Å²) in [5, 5.41) is 4.76. The molecule has 218 valence electrons. The number of likely N-dealkylation sites (tertiary alicyclic amines) is 1. The molecule has 11 heteroatoms. The summed E-state index contributed by atoms with van der Waals surface area (Å²) >= 11 is 1.17. The van der Waals surface area contributed by atoms with Gasteiger partial charge in [-0.1, -0.05) is 30.0 Å². The summed E-state index contributed by atoms with van der Waals surface area (Å²) < 4.78 is 52.0. The number of nitrogens with one attached hydrogen (secondary N) is 1. The number of benzene rings is 2. The summed E-state index contributed by atoms with van der Waals surface area (Å²) in [5.74, 6) is -0.518. The van der Waals surface area contributed by atoms with Crippen LogP contribution in [0.15, 0.2) is 40.3 Å². The fourth-order valence-corrected chi connectivity index (χ4v) is 8.24. The van der Waals surface area contributed by atoms with Crippen molar-refractivity contribution >= 4 is 34.6 Å². The van der Waals surface area contributed by atoms with Gasteiger partial charge in [0.25, 0.3) is 0 Å². The molecule has 2 aromatic carbocycles. The third-order valence-corrected chi connectivity index (χ3v) is 10.3. The number of likely N-dealkylation sites (N-methyl/N-ethyl adjacent to an activating group) is 1. The Labute approximate surface area is 246 Å². The Morgan fingerprint density at radius 3 is 2.71 bits per heavy atom. The van der Waals surface area contributed by atoms with E-state index < -0.39 is 12.0 Å². The van der Waals surface area contributed by atoms with Crippen molar-refractivity contribution in [2.75, 3.05) is 38.2 Å². The van der Waals surface area contributed by atoms with Gasteiger partial charge >= 0.3 is 6.01 Å². The molecule has 5 atom stereocenters. The Hall–Kier alpha value is -3.28. The number of nitrogens with two attached hydrogens (primary N) is 1. The van der Waals surface area contributed by atoms with E-state index in [2.05, 4.69) is 15.2 Å². The molecule has 3 saturated heterocycles. The quantitative estimate of drug-likeness (QED) is 0.441. The van der Waals surface area contributed by atoms with Gasteiger partial charge in [0.05, 0.1) is 9.92 Å². The normalized spacial score (nSPS) is 28.0. The van der Waals surface area contributed by atoms with Gasteiger partial charge in [-0.05, 0) is 61.2 Å². The van der Waals surface area contributed by atoms with E-state index in [4.69, 9.17) is 15.5 Å². The lowest BCUT2D eigenvalue weighted by molar-refractivity contribution is 0.188. The number of ether oxygens (including phenoxy) is 1. The van der Waals surface area contributed by atoms with Crippen LogP contribution in [-0.2, 0) is 0 Å². The summed E-state index contributed by atoms with van der Waals surface area (Å²) in [6.45, 7) is 2.07. The molecule has 42 heavy (non-hydrogen) atoms. The number of nitrogens with zero attached hydrogens (tertiary/aromatic N) is 4. The van der Waals surface area contributed by atoms with E-state index in [1.165, 1.54) is 17.8 Å². The van der Waals surface area contributed by atoms with Gasteiger partial charge in [-0.2, -0.15) is 9.97 Å². The lowest BCUT2D eigenvalue weighted by Gasteiger charge is -2.34. The summed E-state index contributed by atoms with van der Waals surface area (Å²) in [6.07, 6.45) is 7.37. The highest BCUT2D eigenvalue weighted by atomic mass is 32.2. The van der Waals surface area contributed by atoms with Crippen LogP contribution in [0.25, 0.3) is 28.1 Å². The van der Waals surface area contributed by atoms with Gasteiger partial charge < -0.3 is 20.7 Å². The molecule has 7 nitrogen and oxygen atoms in total. The first-order valence-electron chi connectivity index (χ1n) is 14.5. The van der Waals surface area contributed by atoms with Crippen LogP contribution in [0.5, 0.6) is 6.01 Å². The van der Waals surface area contributed by atoms with Crippen LogP contribution < -0.4 is 20.7 Å². The lowest BCUT2D eigenvalue weighted by Crippen LogP contribution is -2.51. The highest BCUT2D eigenvalue weighted by Crippen LogP contribution is 2.49. The van der Waals surface area contributed by atoms with Crippen LogP contribution in [-0.4, -0.2) is 72.5 Å². The van der Waals surface area contributed by atoms with Gasteiger partial charge in [0.15, 0.2) is 5.82 Å². The van der Waals surface area contributed by atoms with E-state index in [0.29, 0.717) is 68.4 Å². The molecule has 0 radical (unpaired) electrons. The Balaban J connectivity index is 1.29. The second-order valence-electron chi connectivity index (χ2n) is 12.1. The first kappa shape index (κ1) is 26.4. The molecule has 3 N–H and O–H groups in total. The zero-order valence-electron chi connectivity index (χ0n) is 23.1. The van der Waals surface area contributed by atoms with Crippen molar-refractivity contribution in [2.45, 2.75) is 54.4 Å². The summed E-state index contributed by atoms with van der Waals surface area (Å²) in [4.78, 5) is 14.0. The molecule has 3 unspecified atom stereocenters. The van der Waals surface area contributed by atoms with E-state index in [9.17, 15) is 8.78 Å². The second-order valence-corrected chi connectivity index (χ2v) is 13.1. The number of piperazine rings is 1. The number of hydrogen-bond acceptors (Lipinski definition) is 8. The molecule has 8 rings (SSSR count). The molecule has 5 heterocycles. The summed E-state index contributed by atoms with van der Waals surface area (Å²) in [7, 11) is 1.87. The van der Waals surface area contributed by atoms with E-state index in [1.54, 1.807) is 6.07 Å². The zero-order chi connectivity index (χ0) is 28.7. The Morgan fingerprint density at radius 2 is 1.95 bits per heavy atom. The maximum Gasteiger partial charge on any atom is 0.319 e. The minimum Gasteiger partial charge on any atom is -0.462 e. The molecule has 3 fully saturated rings. The smallest absolute Gasteiger partial charge is 0.319 e. The van der Waals surface area contributed by atoms with Gasteiger partial charge in [0.2, 0.25) is 0 Å². The van der Waals surface area contributed by atoms with Crippen LogP contribution in [0.2, 0.25) is 0 Å². The van der Waals surface area contributed by atoms with E-state index in [-0.39, 0.29) is 35.9 Å². The Bertz CT molecular complexity index is 1670. The fourth-order valence-electron chi connectivity index (χ4n) is 7.27. The first-order chi connectivity index (χ1) is 20.3. The van der Waals surface area contributed by atoms with Gasteiger partial charge in [-0.15, -0.1) is 0 Å². The molecule has 5 aliphatic rings. The van der Waals surface area contributed by atoms with Crippen LogP contribution in [0.3, 0.4) is 0 Å². The van der Waals surface area contributed by atoms with Gasteiger partial charge in [-0.25, -0.2) is 13.2 Å². The standard InChI is InChI=1S/C31H31F3N6OS/c1-39-11-17(32)10-20(39)14-41-31-37-28-22(30(38-31)40-12-18-4-5-19(13-40)36-18)8-15-2-3-16-9-24(35)42-29-23(33)7-6-21(26(16)29)25(15)27(28)34/h2-3,6-9,16-20,36H,4-5,10-14,35H2,1H3/t16?,17-,18?,19?,20+/m1/s1. The molecule has 1 aromatic heterocycles. The van der Waals surface area contributed by atoms with Crippen LogP contribution >= 0.6 is 11.8 Å². The molecular weight excluding hydrogens is 561 g/mol. The van der Waals surface area contributed by atoms with Gasteiger partial charge in [-0.3, -0.25) is 4.90 Å². The predicted molar refractivity (Wildman–Crippen MR) is 158 cm³/mol. The van der Waals surface area contributed by atoms with Crippen molar-refractivity contribution < 1.29 is 17.9 Å². The molecule has 0 saturated carbocycles. The van der Waals surface area contributed by atoms with Gasteiger partial charge in [0.1, 0.15) is 29.9 Å². The average Bonchev–Trinajstić information content (AvgIpc) is 3.43. The topological polar surface area (TPSA) is 79.5 Å². The molecule has 1 aliphatic carbocycles. The third kappa shape index (κ3) is 4.27. The molecule has 0 amide bonds. The van der Waals surface area contributed by atoms with Crippen LogP contribution in [0, 0.1) is 11.6 Å². The highest BCUT2D eigenvalue weighted by molar-refractivity contribution is 8.03. The van der Waals surface area contributed by atoms with Crippen molar-refractivity contribution in [2.24, 2.45) is 5.73 Å². The maximum absolute atomic E-state index is 16.9. The van der Waals surface area contributed by atoms with Crippen molar-refractivity contribution in [1.29, 1.82) is 0 Å². The van der Waals surface area contributed by atoms with Crippen molar-refractivity contribution in [3.05, 3.63) is 58.1 Å². The van der Waals surface area contributed by atoms with E-state index in [1.807, 2.05) is 36.2 Å². The molecule has 2 bridgehead atoms. The largest absolute Gasteiger partial charge is 0.462 e. The number of aromatic nitrogens is 2. The van der Waals surface area contributed by atoms with E-state index in [0.717, 1.165) is 25.9 Å². The molecule has 0 spiro atoms. The number of halogens is 3. The lowest BCUT2D eigenvalue weighted by atomic mass is 9.90. The Kier molecular flexibility index (Phi) is 6.20. The monoisotopic (exact) mass is 592 g/mol. The second kappa shape index (κ2) is 9.89. The number of thioether (sulfide) groups is 1. The van der Waals surface area contributed by atoms with Crippen molar-refractivity contribution in [1.82, 2.24) is 20.2 Å². The first-order valence-corrected chi connectivity index (χ1v) is 15.3. The SMILES string of the molecule is CN1C[C@H](F)C[C@H]1COc1nc(N2CC3CCC(C2)N3)c2cc3c(c(F)c2n1)-c1ccc(F)c2c1C(C=C3)C=C(N)S2. The van der Waals surface area contributed by atoms with Crippen molar-refractivity contribution in [3.8, 4) is 17.1 Å². The molecule has 4 aliphatic heterocycles. The Morgan fingerprint density at radius 1 is 1.14 bits per heavy atom. The zero-order valence-corrected chi connectivity index (χ0v) is 23.9. The van der Waals surface area contributed by atoms with Crippen molar-refractivity contribution in [3.63, 3.8) is 0 Å². The number of alkyl halides is 1. The fraction of sp³-hybridized carbons (Fsp3) is 0.419. The minimum atomic E-state index is -0.900. The predicted octanol–water partition coefficient (Wildman–Crippen LogP) is 4.95. The number of rotatable bonds is 4. The maximum atomic E-state index is 16.9. The number of anilines is 1. The molecular formula is C31H31F3N6OS. The molecule has 3 aromatic rings. The van der Waals surface area contributed by atoms with E-state index >= 15 is 4.39 Å². The average molecular weight is 593 g/mol. The third-order valence-electron chi connectivity index (χ3n) is 9.28. The summed E-state index contributed by atoms with van der Waals surface area (Å²) in [5.41, 5.74) is 8.68. The summed E-state index contributed by atoms with van der Waals surface area (Å²) in [6, 6.07) is 5.62. The highest BCUT2D eigenvalue weighted by Gasteiger charge is 2.36. The van der Waals surface area contributed by atoms with Crippen LogP contribution in [0.4, 0.5) is 19.0 Å². The number of hydrogen-bond donors (Lipinski definition) is 2. The van der Waals surface area contributed by atoms with Gasteiger partial charge in [0, 0.05) is 54.6 Å².